The standard InChI is InChI=1S/C7H8O3S/c1-6-2-4-7(5-3-6)11(8,9)10/h2-5H,1H3,(H,8,9,10)/p+1. The highest BCUT2D eigenvalue weighted by atomic mass is 32.2. The van der Waals surface area contributed by atoms with Crippen molar-refractivity contribution in [3.8, 4) is 0 Å². The molecule has 0 saturated heterocycles. The van der Waals surface area contributed by atoms with Crippen LogP contribution in [0.5, 0.6) is 0 Å². The number of hydrogen-bond donors (Lipinski definition) is 0. The summed E-state index contributed by atoms with van der Waals surface area (Å²) < 4.78 is 27.9. The highest BCUT2D eigenvalue weighted by molar-refractivity contribution is 7.85. The van der Waals surface area contributed by atoms with E-state index in [-0.39, 0.29) is 4.90 Å². The molecule has 0 aliphatic rings. The predicted molar refractivity (Wildman–Crippen MR) is 42.0 cm³/mol. The van der Waals surface area contributed by atoms with E-state index >= 15 is 0 Å². The van der Waals surface area contributed by atoms with E-state index < -0.39 is 10.1 Å². The van der Waals surface area contributed by atoms with Crippen molar-refractivity contribution in [2.24, 2.45) is 0 Å². The van der Waals surface area contributed by atoms with Crippen LogP contribution in [0.25, 0.3) is 0 Å². The number of hydrogen-bond acceptors (Lipinski definition) is 2. The molecule has 4 heteroatoms. The first-order chi connectivity index (χ1) is 5.00. The lowest BCUT2D eigenvalue weighted by Gasteiger charge is -1.92. The number of benzene rings is 1. The largest absolute Gasteiger partial charge is 0.409 e. The predicted octanol–water partition coefficient (Wildman–Crippen LogP) is 0.408. The van der Waals surface area contributed by atoms with Crippen LogP contribution in [-0.2, 0) is 10.1 Å². The number of aryl methyl sites for hydroxylation is 1. The molecule has 0 amide bonds. The number of rotatable bonds is 1. The van der Waals surface area contributed by atoms with Crippen LogP contribution in [0.3, 0.4) is 0 Å². The fraction of sp³-hybridized carbons (Fsp3) is 0.143. The van der Waals surface area contributed by atoms with Gasteiger partial charge in [0, 0.05) is 0 Å². The minimum absolute atomic E-state index is 0.0445. The first-order valence-electron chi connectivity index (χ1n) is 3.06. The van der Waals surface area contributed by atoms with Crippen molar-refractivity contribution in [2.75, 3.05) is 0 Å². The molecule has 0 saturated carbocycles. The molecule has 0 aromatic heterocycles. The van der Waals surface area contributed by atoms with Gasteiger partial charge in [0.2, 0.25) is 0 Å². The fourth-order valence-corrected chi connectivity index (χ4v) is 1.21. The molecule has 1 aromatic rings. The van der Waals surface area contributed by atoms with E-state index in [1.807, 2.05) is 6.92 Å². The molecule has 60 valence electrons. The van der Waals surface area contributed by atoms with E-state index in [4.69, 9.17) is 4.55 Å². The van der Waals surface area contributed by atoms with Crippen LogP contribution in [0, 0.1) is 6.92 Å². The Morgan fingerprint density at radius 3 is 2.00 bits per heavy atom. The lowest BCUT2D eigenvalue weighted by atomic mass is 10.2. The maximum Gasteiger partial charge on any atom is 0.409 e. The highest BCUT2D eigenvalue weighted by Gasteiger charge is 2.12. The van der Waals surface area contributed by atoms with E-state index in [2.05, 4.69) is 0 Å². The van der Waals surface area contributed by atoms with Crippen LogP contribution in [0.1, 0.15) is 5.56 Å². The molecule has 0 radical (unpaired) electrons. The molecule has 1 rings (SSSR count). The van der Waals surface area contributed by atoms with E-state index in [9.17, 15) is 8.42 Å². The topological polar surface area (TPSA) is 57.0 Å². The van der Waals surface area contributed by atoms with E-state index in [1.54, 1.807) is 12.1 Å². The molecule has 2 N–H and O–H groups in total. The first kappa shape index (κ1) is 8.23. The second-order valence-electron chi connectivity index (χ2n) is 2.32. The SMILES string of the molecule is Cc1ccc(S(=O)(=O)[OH2+])cc1. The van der Waals surface area contributed by atoms with E-state index in [1.165, 1.54) is 12.1 Å². The summed E-state index contributed by atoms with van der Waals surface area (Å²) in [4.78, 5) is 0.0445. The first-order valence-corrected chi connectivity index (χ1v) is 4.55. The third kappa shape index (κ3) is 2.03. The lowest BCUT2D eigenvalue weighted by Crippen LogP contribution is -1.96. The van der Waals surface area contributed by atoms with Gasteiger partial charge >= 0.3 is 10.1 Å². The van der Waals surface area contributed by atoms with Crippen molar-refractivity contribution in [3.05, 3.63) is 29.8 Å². The molecule has 0 unspecified atom stereocenters. The molecule has 0 bridgehead atoms. The average Bonchev–Trinajstić information content (AvgIpc) is 1.86. The van der Waals surface area contributed by atoms with Crippen LogP contribution in [0.2, 0.25) is 0 Å². The van der Waals surface area contributed by atoms with Gasteiger partial charge in [-0.05, 0) is 19.1 Å². The van der Waals surface area contributed by atoms with Gasteiger partial charge in [0.05, 0.1) is 0 Å². The Bertz CT molecular complexity index is 336. The molecule has 0 heterocycles. The Morgan fingerprint density at radius 2 is 1.64 bits per heavy atom. The molecule has 0 atom stereocenters. The zero-order valence-electron chi connectivity index (χ0n) is 6.03. The van der Waals surface area contributed by atoms with Crippen molar-refractivity contribution in [1.82, 2.24) is 0 Å². The minimum Gasteiger partial charge on any atom is -0.329 e. The van der Waals surface area contributed by atoms with Gasteiger partial charge in [-0.25, -0.2) is 0 Å². The second kappa shape index (κ2) is 2.64. The minimum atomic E-state index is -3.77. The highest BCUT2D eigenvalue weighted by Crippen LogP contribution is 2.08. The quantitative estimate of drug-likeness (QED) is 0.577. The third-order valence-electron chi connectivity index (χ3n) is 1.33. The van der Waals surface area contributed by atoms with Crippen molar-refractivity contribution >= 4 is 10.1 Å². The van der Waals surface area contributed by atoms with Gasteiger partial charge in [-0.15, -0.1) is 8.42 Å². The van der Waals surface area contributed by atoms with Gasteiger partial charge in [0.15, 0.2) is 0 Å². The maximum atomic E-state index is 10.6. The second-order valence-corrected chi connectivity index (χ2v) is 3.79. The van der Waals surface area contributed by atoms with Gasteiger partial charge in [-0.1, -0.05) is 17.7 Å². The van der Waals surface area contributed by atoms with Gasteiger partial charge in [0.25, 0.3) is 0 Å². The Kier molecular flexibility index (Phi) is 1.97. The Balaban J connectivity index is 3.20. The maximum absolute atomic E-state index is 10.6. The van der Waals surface area contributed by atoms with Crippen molar-refractivity contribution < 1.29 is 13.0 Å². The van der Waals surface area contributed by atoms with Gasteiger partial charge in [-0.2, -0.15) is 0 Å². The van der Waals surface area contributed by atoms with Crippen molar-refractivity contribution in [1.29, 1.82) is 0 Å². The zero-order chi connectivity index (χ0) is 8.48. The van der Waals surface area contributed by atoms with Crippen molar-refractivity contribution in [2.45, 2.75) is 11.8 Å². The lowest BCUT2D eigenvalue weighted by molar-refractivity contribution is 0.483. The van der Waals surface area contributed by atoms with E-state index in [0.717, 1.165) is 5.56 Å². The Labute approximate surface area is 65.4 Å². The molecular weight excluding hydrogens is 164 g/mol. The van der Waals surface area contributed by atoms with Gasteiger partial charge < -0.3 is 4.55 Å². The Morgan fingerprint density at radius 1 is 1.18 bits per heavy atom. The summed E-state index contributed by atoms with van der Waals surface area (Å²) in [5.41, 5.74) is 0.984. The van der Waals surface area contributed by atoms with Gasteiger partial charge in [-0.3, -0.25) is 0 Å². The van der Waals surface area contributed by atoms with Crippen LogP contribution in [0.15, 0.2) is 29.2 Å². The third-order valence-corrected chi connectivity index (χ3v) is 2.22. The molecule has 0 fully saturated rings. The van der Waals surface area contributed by atoms with Crippen LogP contribution < -0.4 is 0 Å². The monoisotopic (exact) mass is 173 g/mol. The molecule has 0 aliphatic carbocycles. The average molecular weight is 173 g/mol. The molecule has 0 spiro atoms. The summed E-state index contributed by atoms with van der Waals surface area (Å²) in [6, 6.07) is 6.19. The smallest absolute Gasteiger partial charge is 0.329 e. The molecule has 1 aromatic carbocycles. The Hall–Kier alpha value is -0.870. The van der Waals surface area contributed by atoms with E-state index in [0.29, 0.717) is 0 Å². The molecule has 3 nitrogen and oxygen atoms in total. The summed E-state index contributed by atoms with van der Waals surface area (Å²) in [6.07, 6.45) is 0. The zero-order valence-corrected chi connectivity index (χ0v) is 6.85. The van der Waals surface area contributed by atoms with Crippen LogP contribution >= 0.6 is 0 Å². The molecule has 11 heavy (non-hydrogen) atoms. The molecule has 0 aliphatic heterocycles. The summed E-state index contributed by atoms with van der Waals surface area (Å²) in [6.45, 7) is 1.86. The van der Waals surface area contributed by atoms with Crippen LogP contribution in [0.4, 0.5) is 0 Å². The summed E-state index contributed by atoms with van der Waals surface area (Å²) in [5, 5.41) is 0. The summed E-state index contributed by atoms with van der Waals surface area (Å²) in [5.74, 6) is 0. The normalized spacial score (nSPS) is 11.5. The summed E-state index contributed by atoms with van der Waals surface area (Å²) >= 11 is 0. The fourth-order valence-electron chi connectivity index (χ4n) is 0.717. The summed E-state index contributed by atoms with van der Waals surface area (Å²) in [7, 11) is -3.77. The van der Waals surface area contributed by atoms with Crippen LogP contribution in [-0.4, -0.2) is 13.0 Å². The van der Waals surface area contributed by atoms with Crippen molar-refractivity contribution in [3.63, 3.8) is 0 Å². The molecular formula is C7H9O3S+. The van der Waals surface area contributed by atoms with Gasteiger partial charge in [0.1, 0.15) is 4.90 Å².